The molecule has 1 unspecified atom stereocenters. The van der Waals surface area contributed by atoms with Gasteiger partial charge in [0.15, 0.2) is 5.13 Å². The van der Waals surface area contributed by atoms with Gasteiger partial charge in [-0.2, -0.15) is 0 Å². The minimum absolute atomic E-state index is 0.197. The molecule has 5 nitrogen and oxygen atoms in total. The summed E-state index contributed by atoms with van der Waals surface area (Å²) in [5, 5.41) is 3.01. The van der Waals surface area contributed by atoms with Crippen molar-refractivity contribution in [1.82, 2.24) is 4.98 Å². The fourth-order valence-corrected chi connectivity index (χ4v) is 2.78. The largest absolute Gasteiger partial charge is 0.469 e. The molecule has 0 aliphatic heterocycles. The SMILES string of the molecule is CCC(C)N(CCOC)c1nc(CCC(=O)OC)cs1. The van der Waals surface area contributed by atoms with Gasteiger partial charge < -0.3 is 14.4 Å². The molecule has 1 atom stereocenters. The summed E-state index contributed by atoms with van der Waals surface area (Å²) >= 11 is 1.62. The molecule has 0 saturated heterocycles. The van der Waals surface area contributed by atoms with Crippen LogP contribution < -0.4 is 4.90 Å². The van der Waals surface area contributed by atoms with Gasteiger partial charge in [0.1, 0.15) is 0 Å². The fourth-order valence-electron chi connectivity index (χ4n) is 1.79. The van der Waals surface area contributed by atoms with Crippen molar-refractivity contribution in [1.29, 1.82) is 0 Å². The summed E-state index contributed by atoms with van der Waals surface area (Å²) in [7, 11) is 3.11. The highest BCUT2D eigenvalue weighted by molar-refractivity contribution is 7.13. The quantitative estimate of drug-likeness (QED) is 0.656. The molecule has 1 aromatic rings. The van der Waals surface area contributed by atoms with Crippen LogP contribution in [0.1, 0.15) is 32.4 Å². The van der Waals surface area contributed by atoms with Gasteiger partial charge in [-0.25, -0.2) is 4.98 Å². The first-order valence-corrected chi connectivity index (χ1v) is 7.77. The molecule has 0 saturated carbocycles. The standard InChI is InChI=1S/C14H24N2O3S/c1-5-11(2)16(8-9-18-3)14-15-12(10-20-14)6-7-13(17)19-4/h10-11H,5-9H2,1-4H3. The van der Waals surface area contributed by atoms with Crippen molar-refractivity contribution in [2.24, 2.45) is 0 Å². The van der Waals surface area contributed by atoms with Crippen LogP contribution >= 0.6 is 11.3 Å². The summed E-state index contributed by atoms with van der Waals surface area (Å²) in [5.41, 5.74) is 0.945. The molecule has 0 radical (unpaired) electrons. The highest BCUT2D eigenvalue weighted by atomic mass is 32.1. The lowest BCUT2D eigenvalue weighted by atomic mass is 10.2. The lowest BCUT2D eigenvalue weighted by molar-refractivity contribution is -0.140. The Hall–Kier alpha value is -1.14. The Labute approximate surface area is 124 Å². The number of aromatic nitrogens is 1. The number of methoxy groups -OCH3 is 2. The second-order valence-electron chi connectivity index (χ2n) is 4.64. The van der Waals surface area contributed by atoms with Crippen LogP contribution in [-0.2, 0) is 20.7 Å². The lowest BCUT2D eigenvalue weighted by Crippen LogP contribution is -2.35. The van der Waals surface area contributed by atoms with Gasteiger partial charge in [0.05, 0.1) is 25.8 Å². The van der Waals surface area contributed by atoms with E-state index in [0.717, 1.165) is 23.8 Å². The van der Waals surface area contributed by atoms with E-state index in [1.807, 2.05) is 5.38 Å². The van der Waals surface area contributed by atoms with Gasteiger partial charge in [0, 0.05) is 31.5 Å². The van der Waals surface area contributed by atoms with Crippen molar-refractivity contribution >= 4 is 22.4 Å². The van der Waals surface area contributed by atoms with E-state index < -0.39 is 0 Å². The molecule has 20 heavy (non-hydrogen) atoms. The molecule has 0 amide bonds. The highest BCUT2D eigenvalue weighted by Gasteiger charge is 2.16. The summed E-state index contributed by atoms with van der Waals surface area (Å²) in [6.45, 7) is 5.86. The van der Waals surface area contributed by atoms with Crippen LogP contribution in [0.4, 0.5) is 5.13 Å². The number of esters is 1. The molecular formula is C14H24N2O3S. The van der Waals surface area contributed by atoms with Crippen LogP contribution in [0.2, 0.25) is 0 Å². The summed E-state index contributed by atoms with van der Waals surface area (Å²) in [6, 6.07) is 0.421. The molecular weight excluding hydrogens is 276 g/mol. The van der Waals surface area contributed by atoms with E-state index >= 15 is 0 Å². The van der Waals surface area contributed by atoms with E-state index in [-0.39, 0.29) is 5.97 Å². The minimum atomic E-state index is -0.197. The molecule has 0 spiro atoms. The normalized spacial score (nSPS) is 12.2. The third-order valence-electron chi connectivity index (χ3n) is 3.26. The number of nitrogens with zero attached hydrogens (tertiary/aromatic N) is 2. The third kappa shape index (κ3) is 5.09. The summed E-state index contributed by atoms with van der Waals surface area (Å²) in [6.07, 6.45) is 2.06. The molecule has 6 heteroatoms. The van der Waals surface area contributed by atoms with E-state index in [4.69, 9.17) is 4.74 Å². The van der Waals surface area contributed by atoms with Crippen molar-refractivity contribution in [3.05, 3.63) is 11.1 Å². The zero-order valence-corrected chi connectivity index (χ0v) is 13.5. The second-order valence-corrected chi connectivity index (χ2v) is 5.48. The number of hydrogen-bond acceptors (Lipinski definition) is 6. The summed E-state index contributed by atoms with van der Waals surface area (Å²) < 4.78 is 9.81. The Kier molecular flexibility index (Phi) is 7.54. The number of carbonyl (C=O) groups is 1. The van der Waals surface area contributed by atoms with Gasteiger partial charge in [0.25, 0.3) is 0 Å². The lowest BCUT2D eigenvalue weighted by Gasteiger charge is -2.27. The van der Waals surface area contributed by atoms with Gasteiger partial charge in [-0.1, -0.05) is 6.92 Å². The minimum Gasteiger partial charge on any atom is -0.469 e. The average Bonchev–Trinajstić information content (AvgIpc) is 2.93. The first kappa shape index (κ1) is 16.9. The number of anilines is 1. The van der Waals surface area contributed by atoms with Crippen molar-refractivity contribution in [3.63, 3.8) is 0 Å². The fraction of sp³-hybridized carbons (Fsp3) is 0.714. The number of hydrogen-bond donors (Lipinski definition) is 0. The molecule has 0 fully saturated rings. The first-order valence-electron chi connectivity index (χ1n) is 6.89. The Morgan fingerprint density at radius 1 is 1.50 bits per heavy atom. The van der Waals surface area contributed by atoms with Crippen molar-refractivity contribution in [2.45, 2.75) is 39.2 Å². The second kappa shape index (κ2) is 8.92. The van der Waals surface area contributed by atoms with E-state index in [2.05, 4.69) is 28.5 Å². The Morgan fingerprint density at radius 2 is 2.25 bits per heavy atom. The Bertz CT molecular complexity index is 409. The molecule has 1 aromatic heterocycles. The van der Waals surface area contributed by atoms with Crippen LogP contribution in [0, 0.1) is 0 Å². The van der Waals surface area contributed by atoms with E-state index in [9.17, 15) is 4.79 Å². The Morgan fingerprint density at radius 3 is 2.85 bits per heavy atom. The maximum Gasteiger partial charge on any atom is 0.305 e. The van der Waals surface area contributed by atoms with Gasteiger partial charge in [-0.3, -0.25) is 4.79 Å². The molecule has 1 heterocycles. The van der Waals surface area contributed by atoms with E-state index in [1.54, 1.807) is 18.4 Å². The van der Waals surface area contributed by atoms with Gasteiger partial charge in [-0.15, -0.1) is 11.3 Å². The monoisotopic (exact) mass is 300 g/mol. The molecule has 0 aliphatic carbocycles. The molecule has 0 aliphatic rings. The Balaban J connectivity index is 2.67. The zero-order chi connectivity index (χ0) is 15.0. The van der Waals surface area contributed by atoms with Crippen LogP contribution in [0.5, 0.6) is 0 Å². The van der Waals surface area contributed by atoms with Crippen LogP contribution in [-0.4, -0.2) is 44.4 Å². The summed E-state index contributed by atoms with van der Waals surface area (Å²) in [4.78, 5) is 18.0. The third-order valence-corrected chi connectivity index (χ3v) is 4.18. The first-order chi connectivity index (χ1) is 9.62. The number of carbonyl (C=O) groups excluding carboxylic acids is 1. The number of thiazole rings is 1. The molecule has 1 rings (SSSR count). The number of ether oxygens (including phenoxy) is 2. The van der Waals surface area contributed by atoms with Gasteiger partial charge in [0.2, 0.25) is 0 Å². The predicted octanol–water partition coefficient (Wildman–Crippen LogP) is 2.50. The van der Waals surface area contributed by atoms with Gasteiger partial charge in [-0.05, 0) is 13.3 Å². The molecule has 0 N–H and O–H groups in total. The maximum atomic E-state index is 11.1. The van der Waals surface area contributed by atoms with Crippen molar-refractivity contribution in [3.8, 4) is 0 Å². The summed E-state index contributed by atoms with van der Waals surface area (Å²) in [5.74, 6) is -0.197. The van der Waals surface area contributed by atoms with Crippen molar-refractivity contribution < 1.29 is 14.3 Å². The predicted molar refractivity (Wildman–Crippen MR) is 81.4 cm³/mol. The van der Waals surface area contributed by atoms with E-state index in [1.165, 1.54) is 7.11 Å². The van der Waals surface area contributed by atoms with Gasteiger partial charge >= 0.3 is 5.97 Å². The number of aryl methyl sites for hydroxylation is 1. The smallest absolute Gasteiger partial charge is 0.305 e. The maximum absolute atomic E-state index is 11.1. The molecule has 0 aromatic carbocycles. The molecule has 114 valence electrons. The van der Waals surface area contributed by atoms with E-state index in [0.29, 0.717) is 25.5 Å². The number of rotatable bonds is 9. The van der Waals surface area contributed by atoms with Crippen LogP contribution in [0.3, 0.4) is 0 Å². The zero-order valence-electron chi connectivity index (χ0n) is 12.7. The van der Waals surface area contributed by atoms with Crippen LogP contribution in [0.25, 0.3) is 0 Å². The average molecular weight is 300 g/mol. The van der Waals surface area contributed by atoms with Crippen molar-refractivity contribution in [2.75, 3.05) is 32.3 Å². The molecule has 0 bridgehead atoms. The topological polar surface area (TPSA) is 51.7 Å². The van der Waals surface area contributed by atoms with Crippen LogP contribution in [0.15, 0.2) is 5.38 Å². The highest BCUT2D eigenvalue weighted by Crippen LogP contribution is 2.24.